The van der Waals surface area contributed by atoms with E-state index in [1.165, 1.54) is 6.07 Å². The number of hydrogen-bond donors (Lipinski definition) is 1. The van der Waals surface area contributed by atoms with Crippen LogP contribution in [0.25, 0.3) is 10.9 Å². The highest BCUT2D eigenvalue weighted by Gasteiger charge is 2.05. The van der Waals surface area contributed by atoms with Crippen molar-refractivity contribution < 1.29 is 9.13 Å². The predicted molar refractivity (Wildman–Crippen MR) is 82.0 cm³/mol. The maximum atomic E-state index is 13.6. The van der Waals surface area contributed by atoms with Crippen LogP contribution < -0.4 is 10.1 Å². The summed E-state index contributed by atoms with van der Waals surface area (Å²) in [6.07, 6.45) is 0. The Balaban J connectivity index is 1.86. The number of benzene rings is 2. The van der Waals surface area contributed by atoms with Gasteiger partial charge in [0.2, 0.25) is 0 Å². The van der Waals surface area contributed by atoms with Gasteiger partial charge in [0.1, 0.15) is 17.1 Å². The minimum atomic E-state index is -0.268. The van der Waals surface area contributed by atoms with Crippen molar-refractivity contribution in [3.8, 4) is 5.75 Å². The van der Waals surface area contributed by atoms with Gasteiger partial charge in [-0.05, 0) is 24.3 Å². The fourth-order valence-corrected chi connectivity index (χ4v) is 2.21. The van der Waals surface area contributed by atoms with Crippen molar-refractivity contribution in [2.75, 3.05) is 12.4 Å². The first kappa shape index (κ1) is 13.4. The van der Waals surface area contributed by atoms with Crippen molar-refractivity contribution in [3.63, 3.8) is 0 Å². The Morgan fingerprint density at radius 1 is 1.05 bits per heavy atom. The minimum Gasteiger partial charge on any atom is -0.494 e. The van der Waals surface area contributed by atoms with E-state index in [0.29, 0.717) is 12.2 Å². The van der Waals surface area contributed by atoms with Crippen molar-refractivity contribution in [3.05, 3.63) is 66.1 Å². The molecule has 21 heavy (non-hydrogen) atoms. The van der Waals surface area contributed by atoms with E-state index in [1.54, 1.807) is 25.3 Å². The molecule has 1 N–H and O–H groups in total. The van der Waals surface area contributed by atoms with Crippen molar-refractivity contribution >= 4 is 16.6 Å². The summed E-state index contributed by atoms with van der Waals surface area (Å²) in [6.45, 7) is 0.453. The Morgan fingerprint density at radius 2 is 1.90 bits per heavy atom. The third-order valence-corrected chi connectivity index (χ3v) is 3.29. The van der Waals surface area contributed by atoms with Crippen LogP contribution in [0.1, 0.15) is 5.69 Å². The zero-order valence-corrected chi connectivity index (χ0v) is 11.6. The molecule has 3 rings (SSSR count). The third-order valence-electron chi connectivity index (χ3n) is 3.29. The molecule has 3 aromatic rings. The third kappa shape index (κ3) is 2.79. The first-order valence-corrected chi connectivity index (χ1v) is 6.69. The predicted octanol–water partition coefficient (Wildman–Crippen LogP) is 3.99. The number of anilines is 1. The topological polar surface area (TPSA) is 34.1 Å². The summed E-state index contributed by atoms with van der Waals surface area (Å²) in [5, 5.41) is 4.07. The molecule has 106 valence electrons. The summed E-state index contributed by atoms with van der Waals surface area (Å²) in [5.41, 5.74) is 2.11. The maximum absolute atomic E-state index is 13.6. The number of fused-ring (bicyclic) bond motifs is 1. The Bertz CT molecular complexity index is 774. The number of methoxy groups -OCH3 is 1. The monoisotopic (exact) mass is 282 g/mol. The molecular formula is C17H15FN2O. The summed E-state index contributed by atoms with van der Waals surface area (Å²) in [5.74, 6) is 0.469. The number of nitrogens with zero attached hydrogens (tertiary/aromatic N) is 1. The Morgan fingerprint density at radius 3 is 2.71 bits per heavy atom. The standard InChI is InChI=1S/C17H15FN2O/c1-21-16-8-4-5-12-9-10-13(20-17(12)16)11-19-15-7-3-2-6-14(15)18/h2-10,19H,11H2,1H3. The summed E-state index contributed by atoms with van der Waals surface area (Å²) >= 11 is 0. The number of rotatable bonds is 4. The number of nitrogens with one attached hydrogen (secondary N) is 1. The number of ether oxygens (including phenoxy) is 1. The van der Waals surface area contributed by atoms with Crippen LogP contribution in [-0.2, 0) is 6.54 Å². The van der Waals surface area contributed by atoms with E-state index < -0.39 is 0 Å². The largest absolute Gasteiger partial charge is 0.494 e. The van der Waals surface area contributed by atoms with Crippen LogP contribution in [0.5, 0.6) is 5.75 Å². The number of aromatic nitrogens is 1. The molecule has 1 heterocycles. The highest BCUT2D eigenvalue weighted by Crippen LogP contribution is 2.23. The van der Waals surface area contributed by atoms with Gasteiger partial charge in [0, 0.05) is 5.39 Å². The zero-order chi connectivity index (χ0) is 14.7. The molecule has 0 amide bonds. The van der Waals surface area contributed by atoms with Crippen LogP contribution in [-0.4, -0.2) is 12.1 Å². The number of pyridine rings is 1. The average molecular weight is 282 g/mol. The number of hydrogen-bond acceptors (Lipinski definition) is 3. The van der Waals surface area contributed by atoms with Gasteiger partial charge in [0.15, 0.2) is 0 Å². The average Bonchev–Trinajstić information content (AvgIpc) is 2.53. The molecular weight excluding hydrogens is 267 g/mol. The quantitative estimate of drug-likeness (QED) is 0.785. The van der Waals surface area contributed by atoms with E-state index in [4.69, 9.17) is 4.74 Å². The molecule has 0 fully saturated rings. The molecule has 0 bridgehead atoms. The molecule has 0 aliphatic heterocycles. The van der Waals surface area contributed by atoms with Crippen molar-refractivity contribution in [2.24, 2.45) is 0 Å². The van der Waals surface area contributed by atoms with Crippen molar-refractivity contribution in [1.82, 2.24) is 4.98 Å². The second kappa shape index (κ2) is 5.79. The summed E-state index contributed by atoms with van der Waals surface area (Å²) in [7, 11) is 1.63. The van der Waals surface area contributed by atoms with Crippen LogP contribution in [0.4, 0.5) is 10.1 Å². The second-order valence-corrected chi connectivity index (χ2v) is 4.67. The van der Waals surface area contributed by atoms with E-state index in [9.17, 15) is 4.39 Å². The minimum absolute atomic E-state index is 0.268. The molecule has 2 aromatic carbocycles. The molecule has 1 aromatic heterocycles. The van der Waals surface area contributed by atoms with Gasteiger partial charge in [0.05, 0.1) is 25.0 Å². The lowest BCUT2D eigenvalue weighted by Crippen LogP contribution is -2.03. The van der Waals surface area contributed by atoms with Crippen molar-refractivity contribution in [1.29, 1.82) is 0 Å². The van der Waals surface area contributed by atoms with E-state index >= 15 is 0 Å². The van der Waals surface area contributed by atoms with Crippen LogP contribution in [0, 0.1) is 5.82 Å². The lowest BCUT2D eigenvalue weighted by Gasteiger charge is -2.09. The van der Waals surface area contributed by atoms with E-state index in [-0.39, 0.29) is 5.82 Å². The lowest BCUT2D eigenvalue weighted by molar-refractivity contribution is 0.419. The fraction of sp³-hybridized carbons (Fsp3) is 0.118. The van der Waals surface area contributed by atoms with E-state index in [1.807, 2.05) is 30.3 Å². The maximum Gasteiger partial charge on any atom is 0.146 e. The molecule has 3 nitrogen and oxygen atoms in total. The smallest absolute Gasteiger partial charge is 0.146 e. The number of para-hydroxylation sites is 2. The first-order chi connectivity index (χ1) is 10.3. The van der Waals surface area contributed by atoms with Gasteiger partial charge in [-0.1, -0.05) is 30.3 Å². The molecule has 0 spiro atoms. The van der Waals surface area contributed by atoms with Crippen LogP contribution >= 0.6 is 0 Å². The molecule has 0 saturated carbocycles. The van der Waals surface area contributed by atoms with Gasteiger partial charge in [-0.2, -0.15) is 0 Å². The van der Waals surface area contributed by atoms with Gasteiger partial charge in [-0.25, -0.2) is 9.37 Å². The van der Waals surface area contributed by atoms with Gasteiger partial charge >= 0.3 is 0 Å². The van der Waals surface area contributed by atoms with Gasteiger partial charge < -0.3 is 10.1 Å². The normalized spacial score (nSPS) is 10.6. The molecule has 0 aliphatic rings. The Labute approximate surface area is 122 Å². The fourth-order valence-electron chi connectivity index (χ4n) is 2.21. The second-order valence-electron chi connectivity index (χ2n) is 4.67. The van der Waals surface area contributed by atoms with Crippen molar-refractivity contribution in [2.45, 2.75) is 6.54 Å². The highest BCUT2D eigenvalue weighted by molar-refractivity contribution is 5.84. The van der Waals surface area contributed by atoms with E-state index in [2.05, 4.69) is 10.3 Å². The highest BCUT2D eigenvalue weighted by atomic mass is 19.1. The Kier molecular flexibility index (Phi) is 3.69. The molecule has 0 radical (unpaired) electrons. The summed E-state index contributed by atoms with van der Waals surface area (Å²) in [6, 6.07) is 16.3. The van der Waals surface area contributed by atoms with Gasteiger partial charge in [-0.3, -0.25) is 0 Å². The molecule has 0 saturated heterocycles. The first-order valence-electron chi connectivity index (χ1n) is 6.69. The molecule has 0 unspecified atom stereocenters. The summed E-state index contributed by atoms with van der Waals surface area (Å²) < 4.78 is 18.9. The van der Waals surface area contributed by atoms with Crippen LogP contribution in [0.15, 0.2) is 54.6 Å². The Hall–Kier alpha value is -2.62. The van der Waals surface area contributed by atoms with E-state index in [0.717, 1.165) is 22.3 Å². The van der Waals surface area contributed by atoms with Gasteiger partial charge in [0.25, 0.3) is 0 Å². The van der Waals surface area contributed by atoms with Crippen LogP contribution in [0.3, 0.4) is 0 Å². The molecule has 0 atom stereocenters. The zero-order valence-electron chi connectivity index (χ0n) is 11.6. The van der Waals surface area contributed by atoms with Crippen LogP contribution in [0.2, 0.25) is 0 Å². The van der Waals surface area contributed by atoms with Gasteiger partial charge in [-0.15, -0.1) is 0 Å². The lowest BCUT2D eigenvalue weighted by atomic mass is 10.2. The molecule has 0 aliphatic carbocycles. The summed E-state index contributed by atoms with van der Waals surface area (Å²) in [4.78, 5) is 4.58. The number of halogens is 1. The SMILES string of the molecule is COc1cccc2ccc(CNc3ccccc3F)nc12. The molecule has 4 heteroatoms.